The standard InChI is InChI=1S/C24H40N4O8P2/c1-8-33-38(31,34-9-2)14-11-20-15-21(23(35-20)27-16-19(7)22(29)26-24(27)30)36-37(32-13-10-12-25)28(17(3)4)18(5)6/h11,14,16-18,20-21,23H,8-10,13,15H2,1-7H3,(H,26,29,30)/b14-11+/t20-,21+,23-,37?/m1/s1. The number of aromatic nitrogens is 2. The molecule has 1 fully saturated rings. The van der Waals surface area contributed by atoms with E-state index < -0.39 is 45.8 Å². The highest BCUT2D eigenvalue weighted by molar-refractivity contribution is 7.57. The van der Waals surface area contributed by atoms with Crippen molar-refractivity contribution in [3.05, 3.63) is 44.5 Å². The molecule has 214 valence electrons. The number of aryl methyl sites for hydroxylation is 1. The van der Waals surface area contributed by atoms with Crippen LogP contribution in [-0.4, -0.2) is 58.3 Å². The molecule has 1 N–H and O–H groups in total. The van der Waals surface area contributed by atoms with Crippen LogP contribution in [0.3, 0.4) is 0 Å². The smallest absolute Gasteiger partial charge is 0.348 e. The van der Waals surface area contributed by atoms with E-state index in [-0.39, 0.29) is 38.3 Å². The zero-order valence-electron chi connectivity index (χ0n) is 23.2. The van der Waals surface area contributed by atoms with Gasteiger partial charge in [0, 0.05) is 36.1 Å². The molecule has 1 unspecified atom stereocenters. The number of nitrogens with zero attached hydrogens (tertiary/aromatic N) is 3. The van der Waals surface area contributed by atoms with Gasteiger partial charge in [-0.3, -0.25) is 18.9 Å². The van der Waals surface area contributed by atoms with Crippen LogP contribution >= 0.6 is 16.1 Å². The quantitative estimate of drug-likeness (QED) is 0.233. The predicted octanol–water partition coefficient (Wildman–Crippen LogP) is 4.57. The number of H-pyrrole nitrogens is 1. The molecule has 1 aromatic rings. The Balaban J connectivity index is 2.46. The van der Waals surface area contributed by atoms with Crippen molar-refractivity contribution in [3.8, 4) is 6.07 Å². The van der Waals surface area contributed by atoms with Gasteiger partial charge in [0.15, 0.2) is 6.23 Å². The van der Waals surface area contributed by atoms with Crippen LogP contribution in [0.5, 0.6) is 0 Å². The molecule has 0 aliphatic carbocycles. The van der Waals surface area contributed by atoms with Crippen molar-refractivity contribution in [2.45, 2.75) is 91.8 Å². The maximum Gasteiger partial charge on any atom is 0.353 e. The first-order valence-corrected chi connectivity index (χ1v) is 15.5. The molecule has 1 saturated heterocycles. The summed E-state index contributed by atoms with van der Waals surface area (Å²) in [6, 6.07) is 2.21. The normalized spacial score (nSPS) is 21.1. The molecule has 12 nitrogen and oxygen atoms in total. The molecule has 4 atom stereocenters. The van der Waals surface area contributed by atoms with E-state index in [1.165, 1.54) is 16.6 Å². The number of nitriles is 1. The van der Waals surface area contributed by atoms with Crippen LogP contribution in [0.25, 0.3) is 0 Å². The van der Waals surface area contributed by atoms with Crippen LogP contribution in [0, 0.1) is 18.3 Å². The molecule has 2 rings (SSSR count). The highest BCUT2D eigenvalue weighted by Gasteiger charge is 2.41. The lowest BCUT2D eigenvalue weighted by molar-refractivity contribution is -0.0246. The average Bonchev–Trinajstić information content (AvgIpc) is 3.22. The van der Waals surface area contributed by atoms with Gasteiger partial charge in [-0.25, -0.2) is 9.46 Å². The van der Waals surface area contributed by atoms with Crippen molar-refractivity contribution in [2.75, 3.05) is 19.8 Å². The predicted molar refractivity (Wildman–Crippen MR) is 145 cm³/mol. The lowest BCUT2D eigenvalue weighted by Gasteiger charge is -2.37. The van der Waals surface area contributed by atoms with E-state index in [9.17, 15) is 14.2 Å². The SMILES string of the molecule is CCOP(=O)(/C=C/[C@@H]1C[C@H](OP(OCCC#N)N(C(C)C)C(C)C)[C@H](n2cc(C)c(=O)[nH]c2=O)O1)OCC. The molecule has 0 aromatic carbocycles. The van der Waals surface area contributed by atoms with Crippen LogP contribution in [0.1, 0.15) is 66.2 Å². The lowest BCUT2D eigenvalue weighted by atomic mass is 10.2. The van der Waals surface area contributed by atoms with E-state index in [0.29, 0.717) is 12.0 Å². The van der Waals surface area contributed by atoms with Crippen LogP contribution in [0.4, 0.5) is 0 Å². The molecule has 2 heterocycles. The Kier molecular flexibility index (Phi) is 13.0. The van der Waals surface area contributed by atoms with Crippen LogP contribution in [0.2, 0.25) is 0 Å². The summed E-state index contributed by atoms with van der Waals surface area (Å²) in [4.78, 5) is 27.1. The van der Waals surface area contributed by atoms with Gasteiger partial charge in [0.1, 0.15) is 6.10 Å². The fraction of sp³-hybridized carbons (Fsp3) is 0.708. The van der Waals surface area contributed by atoms with Crippen molar-refractivity contribution in [1.82, 2.24) is 14.2 Å². The third-order valence-electron chi connectivity index (χ3n) is 5.51. The van der Waals surface area contributed by atoms with Crippen molar-refractivity contribution in [1.29, 1.82) is 5.26 Å². The number of ether oxygens (including phenoxy) is 1. The summed E-state index contributed by atoms with van der Waals surface area (Å²) in [5.41, 5.74) is -0.792. The fourth-order valence-electron chi connectivity index (χ4n) is 4.00. The molecule has 0 amide bonds. The first kappa shape index (κ1) is 32.5. The third-order valence-corrected chi connectivity index (χ3v) is 9.44. The summed E-state index contributed by atoms with van der Waals surface area (Å²) in [5, 5.41) is 9.01. The van der Waals surface area contributed by atoms with Crippen molar-refractivity contribution in [2.24, 2.45) is 0 Å². The summed E-state index contributed by atoms with van der Waals surface area (Å²) in [6.07, 6.45) is 1.35. The fourth-order valence-corrected chi connectivity index (χ4v) is 7.10. The number of nitrogens with one attached hydrogen (secondary N) is 1. The van der Waals surface area contributed by atoms with Crippen LogP contribution in [-0.2, 0) is 27.4 Å². The Bertz CT molecular complexity index is 1110. The van der Waals surface area contributed by atoms with Gasteiger partial charge in [0.25, 0.3) is 14.1 Å². The molecule has 1 aliphatic rings. The van der Waals surface area contributed by atoms with Gasteiger partial charge in [0.05, 0.1) is 38.4 Å². The van der Waals surface area contributed by atoms with Crippen molar-refractivity contribution < 1.29 is 27.4 Å². The van der Waals surface area contributed by atoms with Crippen molar-refractivity contribution in [3.63, 3.8) is 0 Å². The molecule has 0 saturated carbocycles. The molecule has 38 heavy (non-hydrogen) atoms. The summed E-state index contributed by atoms with van der Waals surface area (Å²) < 4.78 is 45.7. The number of hydrogen-bond acceptors (Lipinski definition) is 10. The van der Waals surface area contributed by atoms with E-state index in [2.05, 4.69) is 15.7 Å². The molecule has 1 aliphatic heterocycles. The van der Waals surface area contributed by atoms with E-state index in [4.69, 9.17) is 28.1 Å². The van der Waals surface area contributed by atoms with Crippen LogP contribution < -0.4 is 11.2 Å². The number of aromatic amines is 1. The average molecular weight is 575 g/mol. The lowest BCUT2D eigenvalue weighted by Crippen LogP contribution is -2.38. The molecule has 14 heteroatoms. The van der Waals surface area contributed by atoms with Crippen molar-refractivity contribution >= 4 is 16.1 Å². The minimum absolute atomic E-state index is 0.0703. The van der Waals surface area contributed by atoms with Gasteiger partial charge in [-0.05, 0) is 54.5 Å². The van der Waals surface area contributed by atoms with Gasteiger partial charge in [-0.15, -0.1) is 0 Å². The van der Waals surface area contributed by atoms with E-state index in [0.717, 1.165) is 0 Å². The molecule has 0 radical (unpaired) electrons. The highest BCUT2D eigenvalue weighted by atomic mass is 31.2. The number of rotatable bonds is 15. The summed E-state index contributed by atoms with van der Waals surface area (Å²) >= 11 is 0. The largest absolute Gasteiger partial charge is 0.353 e. The summed E-state index contributed by atoms with van der Waals surface area (Å²) in [6.45, 7) is 13.7. The minimum Gasteiger partial charge on any atom is -0.348 e. The first-order chi connectivity index (χ1) is 18.0. The Labute approximate surface area is 225 Å². The molecular formula is C24H40N4O8P2. The molecule has 0 spiro atoms. The molecular weight excluding hydrogens is 534 g/mol. The Morgan fingerprint density at radius 3 is 2.45 bits per heavy atom. The van der Waals surface area contributed by atoms with Gasteiger partial charge in [-0.2, -0.15) is 5.26 Å². The Hall–Kier alpha value is -1.67. The second-order valence-corrected chi connectivity index (χ2v) is 12.5. The van der Waals surface area contributed by atoms with Crippen LogP contribution in [0.15, 0.2) is 27.7 Å². The van der Waals surface area contributed by atoms with E-state index >= 15 is 0 Å². The zero-order chi connectivity index (χ0) is 28.5. The second kappa shape index (κ2) is 15.2. The Morgan fingerprint density at radius 1 is 1.26 bits per heavy atom. The second-order valence-electron chi connectivity index (χ2n) is 9.19. The van der Waals surface area contributed by atoms with Gasteiger partial charge in [-0.1, -0.05) is 0 Å². The maximum absolute atomic E-state index is 12.9. The van der Waals surface area contributed by atoms with E-state index in [1.54, 1.807) is 26.8 Å². The van der Waals surface area contributed by atoms with Gasteiger partial charge in [0.2, 0.25) is 0 Å². The Morgan fingerprint density at radius 2 is 1.89 bits per heavy atom. The monoisotopic (exact) mass is 574 g/mol. The topological polar surface area (TPSA) is 145 Å². The third kappa shape index (κ3) is 8.94. The molecule has 1 aromatic heterocycles. The van der Waals surface area contributed by atoms with Gasteiger partial charge >= 0.3 is 13.3 Å². The summed E-state index contributed by atoms with van der Waals surface area (Å²) in [7, 11) is -5.11. The first-order valence-electron chi connectivity index (χ1n) is 12.8. The number of hydrogen-bond donors (Lipinski definition) is 1. The molecule has 0 bridgehead atoms. The minimum atomic E-state index is -3.47. The maximum atomic E-state index is 12.9. The summed E-state index contributed by atoms with van der Waals surface area (Å²) in [5.74, 6) is 1.37. The van der Waals surface area contributed by atoms with Gasteiger partial charge < -0.3 is 22.8 Å². The highest BCUT2D eigenvalue weighted by Crippen LogP contribution is 2.52. The van der Waals surface area contributed by atoms with E-state index in [1.807, 2.05) is 27.7 Å². The zero-order valence-corrected chi connectivity index (χ0v) is 24.9.